The molecule has 27 heavy (non-hydrogen) atoms. The van der Waals surface area contributed by atoms with Crippen LogP contribution < -0.4 is 14.8 Å². The normalized spacial score (nSPS) is 16.6. The predicted octanol–water partition coefficient (Wildman–Crippen LogP) is 3.63. The lowest BCUT2D eigenvalue weighted by atomic mass is 10.1. The highest BCUT2D eigenvalue weighted by Gasteiger charge is 2.36. The highest BCUT2D eigenvalue weighted by molar-refractivity contribution is 7.93. The molecule has 0 atom stereocenters. The first-order chi connectivity index (χ1) is 13.0. The van der Waals surface area contributed by atoms with Crippen molar-refractivity contribution in [3.8, 4) is 5.75 Å². The van der Waals surface area contributed by atoms with E-state index in [0.717, 1.165) is 0 Å². The molecule has 2 N–H and O–H groups in total. The van der Waals surface area contributed by atoms with Crippen molar-refractivity contribution in [1.29, 1.82) is 0 Å². The number of anilines is 2. The lowest BCUT2D eigenvalue weighted by molar-refractivity contribution is 0.102. The van der Waals surface area contributed by atoms with E-state index in [-0.39, 0.29) is 16.7 Å². The van der Waals surface area contributed by atoms with E-state index in [9.17, 15) is 13.2 Å². The number of ether oxygens (including phenoxy) is 1. The minimum absolute atomic E-state index is 0.277. The van der Waals surface area contributed by atoms with Crippen LogP contribution in [0, 0.1) is 5.92 Å². The van der Waals surface area contributed by atoms with Gasteiger partial charge in [-0.3, -0.25) is 9.52 Å². The van der Waals surface area contributed by atoms with E-state index in [4.69, 9.17) is 4.74 Å². The third kappa shape index (κ3) is 4.42. The van der Waals surface area contributed by atoms with Crippen LogP contribution in [0.4, 0.5) is 11.4 Å². The molecule has 2 fully saturated rings. The quantitative estimate of drug-likeness (QED) is 0.725. The van der Waals surface area contributed by atoms with Gasteiger partial charge in [-0.2, -0.15) is 0 Å². The molecule has 6 nitrogen and oxygen atoms in total. The lowest BCUT2D eigenvalue weighted by Gasteiger charge is -2.15. The number of hydrogen-bond donors (Lipinski definition) is 2. The molecule has 0 saturated heterocycles. The summed E-state index contributed by atoms with van der Waals surface area (Å²) in [7, 11) is -3.44. The zero-order valence-electron chi connectivity index (χ0n) is 14.9. The Hall–Kier alpha value is -2.54. The molecule has 2 aliphatic rings. The van der Waals surface area contributed by atoms with Gasteiger partial charge < -0.3 is 10.1 Å². The van der Waals surface area contributed by atoms with Crippen LogP contribution in [0.3, 0.4) is 0 Å². The zero-order valence-corrected chi connectivity index (χ0v) is 15.7. The van der Waals surface area contributed by atoms with Gasteiger partial charge in [0.1, 0.15) is 5.75 Å². The van der Waals surface area contributed by atoms with Gasteiger partial charge in [0.2, 0.25) is 10.0 Å². The third-order valence-corrected chi connectivity index (χ3v) is 6.55. The Balaban J connectivity index is 1.52. The number of sulfonamides is 1. The van der Waals surface area contributed by atoms with Crippen molar-refractivity contribution in [3.63, 3.8) is 0 Å². The molecule has 2 saturated carbocycles. The summed E-state index contributed by atoms with van der Waals surface area (Å²) in [6, 6.07) is 13.9. The van der Waals surface area contributed by atoms with Crippen LogP contribution in [-0.2, 0) is 10.0 Å². The minimum atomic E-state index is -3.44. The molecule has 0 radical (unpaired) electrons. The van der Waals surface area contributed by atoms with Crippen molar-refractivity contribution in [1.82, 2.24) is 0 Å². The van der Waals surface area contributed by atoms with E-state index in [1.54, 1.807) is 30.3 Å². The summed E-state index contributed by atoms with van der Waals surface area (Å²) in [5, 5.41) is 2.49. The molecular weight excluding hydrogens is 364 g/mol. The van der Waals surface area contributed by atoms with Crippen molar-refractivity contribution >= 4 is 27.3 Å². The molecule has 0 heterocycles. The molecule has 7 heteroatoms. The monoisotopic (exact) mass is 386 g/mol. The predicted molar refractivity (Wildman–Crippen MR) is 105 cm³/mol. The highest BCUT2D eigenvalue weighted by atomic mass is 32.2. The van der Waals surface area contributed by atoms with Gasteiger partial charge in [0.25, 0.3) is 5.91 Å². The molecule has 0 aliphatic heterocycles. The first-order valence-electron chi connectivity index (χ1n) is 9.17. The van der Waals surface area contributed by atoms with Crippen LogP contribution in [0.2, 0.25) is 0 Å². The summed E-state index contributed by atoms with van der Waals surface area (Å²) in [5.74, 6) is 0.840. The maximum Gasteiger partial charge on any atom is 0.257 e. The van der Waals surface area contributed by atoms with E-state index < -0.39 is 10.0 Å². The molecule has 2 aliphatic carbocycles. The standard InChI is InChI=1S/C20H22N2O4S/c23-20(21-18-7-3-4-8-19(18)26-13-14-9-10-14)16-5-1-2-6-17(16)22-27(24,25)15-11-12-15/h1-8,14-15,22H,9-13H2,(H,21,23). The molecule has 0 spiro atoms. The molecular formula is C20H22N2O4S. The van der Waals surface area contributed by atoms with Crippen LogP contribution in [0.15, 0.2) is 48.5 Å². The van der Waals surface area contributed by atoms with Gasteiger partial charge in [-0.05, 0) is 55.9 Å². The molecule has 0 aromatic heterocycles. The van der Waals surface area contributed by atoms with Gasteiger partial charge in [-0.25, -0.2) is 8.42 Å². The van der Waals surface area contributed by atoms with Crippen molar-refractivity contribution in [2.75, 3.05) is 16.6 Å². The van der Waals surface area contributed by atoms with Crippen molar-refractivity contribution in [3.05, 3.63) is 54.1 Å². The topological polar surface area (TPSA) is 84.5 Å². The Morgan fingerprint density at radius 3 is 2.33 bits per heavy atom. The first-order valence-corrected chi connectivity index (χ1v) is 10.7. The van der Waals surface area contributed by atoms with Crippen LogP contribution >= 0.6 is 0 Å². The summed E-state index contributed by atoms with van der Waals surface area (Å²) in [5.41, 5.74) is 1.14. The Bertz CT molecular complexity index is 950. The number of carbonyl (C=O) groups excluding carboxylic acids is 1. The summed E-state index contributed by atoms with van der Waals surface area (Å²) < 4.78 is 32.9. The zero-order chi connectivity index (χ0) is 18.9. The second-order valence-corrected chi connectivity index (χ2v) is 9.06. The van der Waals surface area contributed by atoms with E-state index in [1.807, 2.05) is 18.2 Å². The largest absolute Gasteiger partial charge is 0.491 e. The Morgan fingerprint density at radius 2 is 1.63 bits per heavy atom. The maximum absolute atomic E-state index is 12.8. The van der Waals surface area contributed by atoms with Crippen molar-refractivity contribution < 1.29 is 17.9 Å². The van der Waals surface area contributed by atoms with Crippen LogP contribution in [-0.4, -0.2) is 26.2 Å². The SMILES string of the molecule is O=C(Nc1ccccc1OCC1CC1)c1ccccc1NS(=O)(=O)C1CC1. The van der Waals surface area contributed by atoms with Crippen LogP contribution in [0.25, 0.3) is 0 Å². The van der Waals surface area contributed by atoms with E-state index in [1.165, 1.54) is 12.8 Å². The van der Waals surface area contributed by atoms with Crippen molar-refractivity contribution in [2.24, 2.45) is 5.92 Å². The van der Waals surface area contributed by atoms with E-state index in [2.05, 4.69) is 10.0 Å². The van der Waals surface area contributed by atoms with Gasteiger partial charge in [-0.1, -0.05) is 24.3 Å². The van der Waals surface area contributed by atoms with E-state index >= 15 is 0 Å². The van der Waals surface area contributed by atoms with Gasteiger partial charge in [0.15, 0.2) is 0 Å². The molecule has 2 aromatic carbocycles. The smallest absolute Gasteiger partial charge is 0.257 e. The van der Waals surface area contributed by atoms with Gasteiger partial charge in [0, 0.05) is 0 Å². The fourth-order valence-electron chi connectivity index (χ4n) is 2.76. The Kier molecular flexibility index (Phi) is 4.78. The molecule has 4 rings (SSSR count). The summed E-state index contributed by atoms with van der Waals surface area (Å²) in [4.78, 5) is 12.8. The average molecular weight is 386 g/mol. The number of carbonyl (C=O) groups is 1. The average Bonchev–Trinajstić information content (AvgIpc) is 3.54. The first kappa shape index (κ1) is 17.9. The van der Waals surface area contributed by atoms with Gasteiger partial charge in [-0.15, -0.1) is 0 Å². The number of rotatable bonds is 8. The molecule has 0 bridgehead atoms. The van der Waals surface area contributed by atoms with Crippen LogP contribution in [0.1, 0.15) is 36.0 Å². The maximum atomic E-state index is 12.8. The second kappa shape index (κ2) is 7.23. The number of hydrogen-bond acceptors (Lipinski definition) is 4. The minimum Gasteiger partial charge on any atom is -0.491 e. The fourth-order valence-corrected chi connectivity index (χ4v) is 4.17. The molecule has 2 aromatic rings. The fraction of sp³-hybridized carbons (Fsp3) is 0.350. The summed E-state index contributed by atoms with van der Waals surface area (Å²) in [6.45, 7) is 0.644. The Morgan fingerprint density at radius 1 is 0.963 bits per heavy atom. The summed E-state index contributed by atoms with van der Waals surface area (Å²) >= 11 is 0. The lowest BCUT2D eigenvalue weighted by Crippen LogP contribution is -2.21. The summed E-state index contributed by atoms with van der Waals surface area (Å²) in [6.07, 6.45) is 3.69. The molecule has 1 amide bonds. The molecule has 0 unspecified atom stereocenters. The third-order valence-electron chi connectivity index (χ3n) is 4.69. The second-order valence-electron chi connectivity index (χ2n) is 7.10. The van der Waals surface area contributed by atoms with Crippen LogP contribution in [0.5, 0.6) is 5.75 Å². The number of nitrogens with one attached hydrogen (secondary N) is 2. The van der Waals surface area contributed by atoms with Crippen molar-refractivity contribution in [2.45, 2.75) is 30.9 Å². The van der Waals surface area contributed by atoms with E-state index in [0.29, 0.717) is 42.5 Å². The van der Waals surface area contributed by atoms with Gasteiger partial charge >= 0.3 is 0 Å². The highest BCUT2D eigenvalue weighted by Crippen LogP contribution is 2.33. The van der Waals surface area contributed by atoms with Gasteiger partial charge in [0.05, 0.1) is 28.8 Å². The number of amides is 1. The number of para-hydroxylation sites is 3. The Labute approximate surface area is 159 Å². The number of benzene rings is 2. The molecule has 142 valence electrons.